The van der Waals surface area contributed by atoms with E-state index in [2.05, 4.69) is 30.4 Å². The predicted molar refractivity (Wildman–Crippen MR) is 110 cm³/mol. The molecule has 0 saturated heterocycles. The largest absolute Gasteiger partial charge is 0.496 e. The Morgan fingerprint density at radius 3 is 2.52 bits per heavy atom. The summed E-state index contributed by atoms with van der Waals surface area (Å²) in [5, 5.41) is 3.35. The van der Waals surface area contributed by atoms with Crippen LogP contribution in [0.15, 0.2) is 42.5 Å². The van der Waals surface area contributed by atoms with Crippen LogP contribution < -0.4 is 15.8 Å². The molecule has 0 fully saturated rings. The lowest BCUT2D eigenvalue weighted by Gasteiger charge is -2.13. The van der Waals surface area contributed by atoms with E-state index in [4.69, 9.17) is 22.7 Å². The molecule has 134 valence electrons. The first-order chi connectivity index (χ1) is 12.1. The maximum absolute atomic E-state index is 5.71. The number of methoxy groups -OCH3 is 1. The molecule has 0 bridgehead atoms. The molecule has 0 aliphatic carbocycles. The summed E-state index contributed by atoms with van der Waals surface area (Å²) in [4.78, 5) is 0.787. The number of thiocarbonyl (C=S) groups is 1. The van der Waals surface area contributed by atoms with Crippen molar-refractivity contribution in [1.29, 1.82) is 0 Å². The topological polar surface area (TPSA) is 47.3 Å². The van der Waals surface area contributed by atoms with E-state index in [1.807, 2.05) is 24.3 Å². The Balaban J connectivity index is 1.93. The van der Waals surface area contributed by atoms with Crippen molar-refractivity contribution in [3.8, 4) is 5.75 Å². The number of nitrogens with two attached hydrogens (primary N) is 1. The van der Waals surface area contributed by atoms with Crippen LogP contribution in [0.2, 0.25) is 0 Å². The highest BCUT2D eigenvalue weighted by molar-refractivity contribution is 7.80. The second kappa shape index (κ2) is 10.0. The van der Waals surface area contributed by atoms with E-state index in [1.165, 1.54) is 30.4 Å². The third-order valence-electron chi connectivity index (χ3n) is 4.27. The first-order valence-electron chi connectivity index (χ1n) is 8.93. The molecule has 0 spiro atoms. The van der Waals surface area contributed by atoms with Crippen molar-refractivity contribution in [2.45, 2.75) is 39.0 Å². The smallest absolute Gasteiger partial charge is 0.122 e. The van der Waals surface area contributed by atoms with Crippen LogP contribution >= 0.6 is 12.2 Å². The average Bonchev–Trinajstić information content (AvgIpc) is 2.63. The maximum Gasteiger partial charge on any atom is 0.122 e. The lowest BCUT2D eigenvalue weighted by molar-refractivity contribution is 0.409. The highest BCUT2D eigenvalue weighted by Crippen LogP contribution is 2.22. The lowest BCUT2D eigenvalue weighted by Crippen LogP contribution is -2.24. The van der Waals surface area contributed by atoms with Gasteiger partial charge in [-0.2, -0.15) is 0 Å². The summed E-state index contributed by atoms with van der Waals surface area (Å²) in [7, 11) is 1.72. The van der Waals surface area contributed by atoms with Gasteiger partial charge in [-0.25, -0.2) is 0 Å². The molecular formula is C21H28N2OS. The second-order valence-corrected chi connectivity index (χ2v) is 6.64. The lowest BCUT2D eigenvalue weighted by atomic mass is 10.0. The molecule has 2 aromatic carbocycles. The Labute approximate surface area is 156 Å². The predicted octanol–water partition coefficient (Wildman–Crippen LogP) is 4.52. The maximum atomic E-state index is 5.71. The molecule has 0 radical (unpaired) electrons. The number of rotatable bonds is 9. The van der Waals surface area contributed by atoms with Crippen LogP contribution in [-0.2, 0) is 12.8 Å². The summed E-state index contributed by atoms with van der Waals surface area (Å²) in [6, 6.07) is 14.2. The minimum atomic E-state index is 0.787. The van der Waals surface area contributed by atoms with Gasteiger partial charge in [0, 0.05) is 17.8 Å². The van der Waals surface area contributed by atoms with E-state index >= 15 is 0 Å². The minimum absolute atomic E-state index is 0.787. The number of aryl methyl sites for hydroxylation is 1. The van der Waals surface area contributed by atoms with Gasteiger partial charge in [0.1, 0.15) is 10.7 Å². The molecule has 0 saturated carbocycles. The Bertz CT molecular complexity index is 683. The van der Waals surface area contributed by atoms with Crippen LogP contribution in [0.5, 0.6) is 5.75 Å². The van der Waals surface area contributed by atoms with Crippen LogP contribution in [-0.4, -0.2) is 18.6 Å². The van der Waals surface area contributed by atoms with Crippen molar-refractivity contribution >= 4 is 22.9 Å². The monoisotopic (exact) mass is 356 g/mol. The van der Waals surface area contributed by atoms with E-state index in [0.29, 0.717) is 0 Å². The van der Waals surface area contributed by atoms with Crippen LogP contribution in [0.4, 0.5) is 5.69 Å². The Morgan fingerprint density at radius 1 is 1.08 bits per heavy atom. The van der Waals surface area contributed by atoms with Crippen LogP contribution in [0, 0.1) is 0 Å². The number of ether oxygens (including phenoxy) is 1. The Hall–Kier alpha value is -2.07. The van der Waals surface area contributed by atoms with Gasteiger partial charge in [0.2, 0.25) is 0 Å². The quantitative estimate of drug-likeness (QED) is 0.394. The highest BCUT2D eigenvalue weighted by Gasteiger charge is 2.07. The number of anilines is 1. The van der Waals surface area contributed by atoms with Gasteiger partial charge in [0.15, 0.2) is 0 Å². The van der Waals surface area contributed by atoms with E-state index in [1.54, 1.807) is 7.11 Å². The third-order valence-corrected chi connectivity index (χ3v) is 4.65. The molecule has 2 rings (SSSR count). The van der Waals surface area contributed by atoms with Gasteiger partial charge in [-0.3, -0.25) is 0 Å². The molecular weight excluding hydrogens is 328 g/mol. The van der Waals surface area contributed by atoms with Crippen molar-refractivity contribution in [2.24, 2.45) is 0 Å². The molecule has 0 heterocycles. The first-order valence-corrected chi connectivity index (χ1v) is 9.34. The van der Waals surface area contributed by atoms with Crippen molar-refractivity contribution < 1.29 is 4.74 Å². The van der Waals surface area contributed by atoms with Gasteiger partial charge in [-0.1, -0.05) is 44.1 Å². The van der Waals surface area contributed by atoms with Crippen molar-refractivity contribution in [3.05, 3.63) is 59.2 Å². The molecule has 0 aliphatic rings. The van der Waals surface area contributed by atoms with E-state index in [0.717, 1.165) is 41.4 Å². The fraction of sp³-hybridized carbons (Fsp3) is 0.381. The van der Waals surface area contributed by atoms with Crippen molar-refractivity contribution in [1.82, 2.24) is 5.32 Å². The average molecular weight is 357 g/mol. The fourth-order valence-electron chi connectivity index (χ4n) is 2.79. The summed E-state index contributed by atoms with van der Waals surface area (Å²) < 4.78 is 5.49. The van der Waals surface area contributed by atoms with Crippen LogP contribution in [0.1, 0.15) is 42.9 Å². The summed E-state index contributed by atoms with van der Waals surface area (Å²) in [6.45, 7) is 3.02. The van der Waals surface area contributed by atoms with Crippen LogP contribution in [0.25, 0.3) is 0 Å². The minimum Gasteiger partial charge on any atom is -0.496 e. The number of unbranched alkanes of at least 4 members (excludes halogenated alkanes) is 2. The summed E-state index contributed by atoms with van der Waals surface area (Å²) >= 11 is 5.56. The third kappa shape index (κ3) is 6.05. The van der Waals surface area contributed by atoms with Gasteiger partial charge < -0.3 is 15.8 Å². The molecule has 2 aromatic rings. The highest BCUT2D eigenvalue weighted by atomic mass is 32.1. The Kier molecular flexibility index (Phi) is 7.74. The van der Waals surface area contributed by atoms with E-state index < -0.39 is 0 Å². The number of benzene rings is 2. The molecule has 25 heavy (non-hydrogen) atoms. The molecule has 0 aromatic heterocycles. The second-order valence-electron chi connectivity index (χ2n) is 6.23. The molecule has 0 atom stereocenters. The molecule has 0 unspecified atom stereocenters. The number of hydrogen-bond acceptors (Lipinski definition) is 3. The zero-order chi connectivity index (χ0) is 18.1. The molecule has 4 heteroatoms. The van der Waals surface area contributed by atoms with Gasteiger partial charge in [0.05, 0.1) is 7.11 Å². The van der Waals surface area contributed by atoms with Crippen molar-refractivity contribution in [3.63, 3.8) is 0 Å². The molecule has 3 nitrogen and oxygen atoms in total. The Morgan fingerprint density at radius 2 is 1.84 bits per heavy atom. The van der Waals surface area contributed by atoms with Gasteiger partial charge in [-0.05, 0) is 60.7 Å². The normalized spacial score (nSPS) is 10.5. The van der Waals surface area contributed by atoms with Crippen molar-refractivity contribution in [2.75, 3.05) is 19.4 Å². The summed E-state index contributed by atoms with van der Waals surface area (Å²) in [5.74, 6) is 0.949. The standard InChI is InChI=1S/C21H28N2OS/c1-3-4-5-6-17-15-18(9-12-20(17)24-2)21(25)23-14-13-16-7-10-19(22)11-8-16/h7-12,15H,3-6,13-14,22H2,1-2H3,(H,23,25). The van der Waals surface area contributed by atoms with Gasteiger partial charge in [0.25, 0.3) is 0 Å². The fourth-order valence-corrected chi connectivity index (χ4v) is 3.02. The van der Waals surface area contributed by atoms with Gasteiger partial charge >= 0.3 is 0 Å². The van der Waals surface area contributed by atoms with E-state index in [-0.39, 0.29) is 0 Å². The van der Waals surface area contributed by atoms with Crippen LogP contribution in [0.3, 0.4) is 0 Å². The zero-order valence-electron chi connectivity index (χ0n) is 15.2. The summed E-state index contributed by atoms with van der Waals surface area (Å²) in [5.41, 5.74) is 10.0. The molecule has 0 amide bonds. The number of nitrogen functional groups attached to an aromatic ring is 1. The zero-order valence-corrected chi connectivity index (χ0v) is 16.0. The SMILES string of the molecule is CCCCCc1cc(C(=S)NCCc2ccc(N)cc2)ccc1OC. The summed E-state index contributed by atoms with van der Waals surface area (Å²) in [6.07, 6.45) is 5.57. The first kappa shape index (κ1) is 19.3. The van der Waals surface area contributed by atoms with E-state index in [9.17, 15) is 0 Å². The van der Waals surface area contributed by atoms with Gasteiger partial charge in [-0.15, -0.1) is 0 Å². The number of hydrogen-bond donors (Lipinski definition) is 2. The molecule has 0 aliphatic heterocycles. The number of nitrogens with one attached hydrogen (secondary N) is 1. The molecule has 3 N–H and O–H groups in total.